The van der Waals surface area contributed by atoms with Gasteiger partial charge in [0.15, 0.2) is 0 Å². The van der Waals surface area contributed by atoms with E-state index in [0.29, 0.717) is 23.1 Å². The number of benzene rings is 2. The zero-order chi connectivity index (χ0) is 16.9. The first-order chi connectivity index (χ1) is 11.7. The molecule has 3 aromatic rings. The number of fused-ring (bicyclic) bond motifs is 1. The van der Waals surface area contributed by atoms with Crippen LogP contribution in [-0.4, -0.2) is 22.5 Å². The van der Waals surface area contributed by atoms with Gasteiger partial charge in [0.25, 0.3) is 0 Å². The molecule has 2 aromatic carbocycles. The number of aryl methyl sites for hydroxylation is 1. The summed E-state index contributed by atoms with van der Waals surface area (Å²) in [5.74, 6) is 0.995. The Morgan fingerprint density at radius 3 is 2.75 bits per heavy atom. The van der Waals surface area contributed by atoms with Crippen LogP contribution in [0.3, 0.4) is 0 Å². The summed E-state index contributed by atoms with van der Waals surface area (Å²) < 4.78 is 2.19. The maximum atomic E-state index is 10.4. The van der Waals surface area contributed by atoms with Crippen molar-refractivity contribution in [1.29, 1.82) is 0 Å². The molecule has 0 fully saturated rings. The topological polar surface area (TPSA) is 46.9 Å². The number of para-hydroxylation sites is 2. The van der Waals surface area contributed by atoms with Crippen molar-refractivity contribution >= 4 is 40.6 Å². The van der Waals surface area contributed by atoms with Gasteiger partial charge in [-0.05, 0) is 36.2 Å². The lowest BCUT2D eigenvalue weighted by Crippen LogP contribution is -2.14. The second kappa shape index (κ2) is 7.69. The summed E-state index contributed by atoms with van der Waals surface area (Å²) >= 11 is 12.1. The van der Waals surface area contributed by atoms with Gasteiger partial charge in [0.2, 0.25) is 6.41 Å². The number of rotatable bonds is 7. The number of nitrogens with one attached hydrogen (secondary N) is 1. The van der Waals surface area contributed by atoms with E-state index in [1.165, 1.54) is 0 Å². The van der Waals surface area contributed by atoms with Crippen molar-refractivity contribution in [3.8, 4) is 0 Å². The van der Waals surface area contributed by atoms with Crippen LogP contribution in [0.25, 0.3) is 11.0 Å². The second-order valence-corrected chi connectivity index (χ2v) is 6.34. The molecular weight excluding hydrogens is 345 g/mol. The summed E-state index contributed by atoms with van der Waals surface area (Å²) in [6, 6.07) is 13.7. The van der Waals surface area contributed by atoms with Crippen LogP contribution < -0.4 is 5.32 Å². The summed E-state index contributed by atoms with van der Waals surface area (Å²) in [6.45, 7) is 1.31. The van der Waals surface area contributed by atoms with E-state index >= 15 is 0 Å². The number of hydrogen-bond acceptors (Lipinski definition) is 2. The fourth-order valence-corrected chi connectivity index (χ4v) is 3.04. The Bertz CT molecular complexity index is 861. The molecule has 0 aliphatic heterocycles. The molecule has 6 heteroatoms. The number of imidazole rings is 1. The van der Waals surface area contributed by atoms with Crippen LogP contribution in [0.4, 0.5) is 0 Å². The molecule has 0 spiro atoms. The van der Waals surface area contributed by atoms with Crippen LogP contribution in [-0.2, 0) is 17.8 Å². The molecule has 0 saturated carbocycles. The van der Waals surface area contributed by atoms with Gasteiger partial charge < -0.3 is 9.88 Å². The molecule has 0 atom stereocenters. The molecule has 4 nitrogen and oxygen atoms in total. The molecule has 3 rings (SSSR count). The Morgan fingerprint density at radius 1 is 1.12 bits per heavy atom. The van der Waals surface area contributed by atoms with Gasteiger partial charge in [0, 0.05) is 19.5 Å². The standard InChI is InChI=1S/C18H17Cl2N3O/c19-14-8-7-13(10-15(14)20)11-23-17-5-2-1-4-16(17)22-18(23)6-3-9-21-12-24/h1-2,4-5,7-8,10,12H,3,6,9,11H2,(H,21,24). The number of carbonyl (C=O) groups is 1. The number of amides is 1. The van der Waals surface area contributed by atoms with Crippen LogP contribution in [0.5, 0.6) is 0 Å². The second-order valence-electron chi connectivity index (χ2n) is 5.53. The Morgan fingerprint density at radius 2 is 1.96 bits per heavy atom. The molecule has 0 unspecified atom stereocenters. The molecule has 24 heavy (non-hydrogen) atoms. The highest BCUT2D eigenvalue weighted by Gasteiger charge is 2.11. The molecule has 1 aromatic heterocycles. The first-order valence-electron chi connectivity index (χ1n) is 7.74. The molecule has 0 saturated heterocycles. The lowest BCUT2D eigenvalue weighted by atomic mass is 10.2. The summed E-state index contributed by atoms with van der Waals surface area (Å²) in [4.78, 5) is 15.1. The van der Waals surface area contributed by atoms with Crippen LogP contribution in [0.1, 0.15) is 17.8 Å². The highest BCUT2D eigenvalue weighted by molar-refractivity contribution is 6.42. The van der Waals surface area contributed by atoms with Crippen molar-refractivity contribution in [3.63, 3.8) is 0 Å². The van der Waals surface area contributed by atoms with Crippen molar-refractivity contribution in [2.45, 2.75) is 19.4 Å². The molecular formula is C18H17Cl2N3O. The Labute approximate surface area is 150 Å². The normalized spacial score (nSPS) is 10.9. The van der Waals surface area contributed by atoms with Crippen molar-refractivity contribution in [1.82, 2.24) is 14.9 Å². The predicted molar refractivity (Wildman–Crippen MR) is 97.7 cm³/mol. The molecule has 0 bridgehead atoms. The smallest absolute Gasteiger partial charge is 0.207 e. The Kier molecular flexibility index (Phi) is 5.38. The molecule has 0 radical (unpaired) electrons. The van der Waals surface area contributed by atoms with E-state index < -0.39 is 0 Å². The Balaban J connectivity index is 1.91. The molecule has 1 heterocycles. The maximum absolute atomic E-state index is 10.4. The number of hydrogen-bond donors (Lipinski definition) is 1. The zero-order valence-electron chi connectivity index (χ0n) is 13.0. The molecule has 1 amide bonds. The van der Waals surface area contributed by atoms with Crippen LogP contribution >= 0.6 is 23.2 Å². The van der Waals surface area contributed by atoms with Gasteiger partial charge in [-0.1, -0.05) is 41.4 Å². The van der Waals surface area contributed by atoms with Crippen molar-refractivity contribution in [2.24, 2.45) is 0 Å². The van der Waals surface area contributed by atoms with E-state index in [1.807, 2.05) is 36.4 Å². The number of aromatic nitrogens is 2. The van der Waals surface area contributed by atoms with Crippen LogP contribution in [0.15, 0.2) is 42.5 Å². The SMILES string of the molecule is O=CNCCCc1nc2ccccc2n1Cc1ccc(Cl)c(Cl)c1. The average Bonchev–Trinajstić information content (AvgIpc) is 2.93. The van der Waals surface area contributed by atoms with Gasteiger partial charge in [0.05, 0.1) is 21.1 Å². The van der Waals surface area contributed by atoms with E-state index in [9.17, 15) is 4.79 Å². The van der Waals surface area contributed by atoms with Gasteiger partial charge in [0.1, 0.15) is 5.82 Å². The molecule has 124 valence electrons. The van der Waals surface area contributed by atoms with Gasteiger partial charge in [-0.3, -0.25) is 4.79 Å². The quantitative estimate of drug-likeness (QED) is 0.509. The third kappa shape index (κ3) is 3.71. The summed E-state index contributed by atoms with van der Waals surface area (Å²) in [6.07, 6.45) is 2.35. The fraction of sp³-hybridized carbons (Fsp3) is 0.222. The largest absolute Gasteiger partial charge is 0.359 e. The number of nitrogens with zero attached hydrogens (tertiary/aromatic N) is 2. The lowest BCUT2D eigenvalue weighted by Gasteiger charge is -2.10. The average molecular weight is 362 g/mol. The predicted octanol–water partition coefficient (Wildman–Crippen LogP) is 4.07. The van der Waals surface area contributed by atoms with Crippen LogP contribution in [0, 0.1) is 0 Å². The van der Waals surface area contributed by atoms with Gasteiger partial charge in [-0.15, -0.1) is 0 Å². The van der Waals surface area contributed by atoms with E-state index in [2.05, 4.69) is 16.0 Å². The molecule has 0 aliphatic rings. The summed E-state index contributed by atoms with van der Waals surface area (Å²) in [7, 11) is 0. The number of halogens is 2. The van der Waals surface area contributed by atoms with Crippen molar-refractivity contribution in [3.05, 3.63) is 63.9 Å². The zero-order valence-corrected chi connectivity index (χ0v) is 14.5. The minimum Gasteiger partial charge on any atom is -0.359 e. The first-order valence-corrected chi connectivity index (χ1v) is 8.49. The monoisotopic (exact) mass is 361 g/mol. The van der Waals surface area contributed by atoms with E-state index in [4.69, 9.17) is 28.2 Å². The van der Waals surface area contributed by atoms with Crippen molar-refractivity contribution < 1.29 is 4.79 Å². The highest BCUT2D eigenvalue weighted by Crippen LogP contribution is 2.25. The lowest BCUT2D eigenvalue weighted by molar-refractivity contribution is -0.109. The minimum atomic E-state index is 0.551. The third-order valence-corrected chi connectivity index (χ3v) is 4.60. The van der Waals surface area contributed by atoms with Gasteiger partial charge >= 0.3 is 0 Å². The molecule has 0 aliphatic carbocycles. The number of carbonyl (C=O) groups excluding carboxylic acids is 1. The maximum Gasteiger partial charge on any atom is 0.207 e. The van der Waals surface area contributed by atoms with Crippen LogP contribution in [0.2, 0.25) is 10.0 Å². The van der Waals surface area contributed by atoms with Gasteiger partial charge in [-0.25, -0.2) is 4.98 Å². The van der Waals surface area contributed by atoms with E-state index in [1.54, 1.807) is 0 Å². The first kappa shape index (κ1) is 16.8. The molecule has 1 N–H and O–H groups in total. The minimum absolute atomic E-state index is 0.551. The summed E-state index contributed by atoms with van der Waals surface area (Å²) in [5.41, 5.74) is 3.12. The third-order valence-electron chi connectivity index (χ3n) is 3.86. The fourth-order valence-electron chi connectivity index (χ4n) is 2.72. The van der Waals surface area contributed by atoms with Crippen molar-refractivity contribution in [2.75, 3.05) is 6.54 Å². The highest BCUT2D eigenvalue weighted by atomic mass is 35.5. The van der Waals surface area contributed by atoms with Gasteiger partial charge in [-0.2, -0.15) is 0 Å². The summed E-state index contributed by atoms with van der Waals surface area (Å²) in [5, 5.41) is 3.79. The van der Waals surface area contributed by atoms with E-state index in [0.717, 1.165) is 41.7 Å². The van der Waals surface area contributed by atoms with E-state index in [-0.39, 0.29) is 0 Å². The Hall–Kier alpha value is -2.04.